The number of aromatic hydroxyl groups is 1. The molecule has 0 unspecified atom stereocenters. The van der Waals surface area contributed by atoms with E-state index in [1.165, 1.54) is 21.0 Å². The molecule has 1 heterocycles. The van der Waals surface area contributed by atoms with E-state index < -0.39 is 23.7 Å². The predicted octanol–water partition coefficient (Wildman–Crippen LogP) is 4.29. The average molecular weight is 520 g/mol. The van der Waals surface area contributed by atoms with Crippen LogP contribution in [-0.2, 0) is 25.5 Å². The molecule has 37 heavy (non-hydrogen) atoms. The van der Waals surface area contributed by atoms with Crippen molar-refractivity contribution in [1.29, 1.82) is 0 Å². The van der Waals surface area contributed by atoms with Crippen LogP contribution in [0.2, 0.25) is 0 Å². The number of aliphatic hydroxyl groups excluding tert-OH is 1. The van der Waals surface area contributed by atoms with Crippen LogP contribution in [-0.4, -0.2) is 60.7 Å². The van der Waals surface area contributed by atoms with Crippen molar-refractivity contribution in [2.75, 3.05) is 20.2 Å². The molecule has 1 aliphatic heterocycles. The van der Waals surface area contributed by atoms with Crippen LogP contribution in [0.15, 0.2) is 18.2 Å². The topological polar surface area (TPSA) is 114 Å². The Balaban J connectivity index is 2.08. The van der Waals surface area contributed by atoms with Gasteiger partial charge in [-0.25, -0.2) is 0 Å². The molecule has 0 radical (unpaired) electrons. The molecule has 0 aromatic heterocycles. The highest BCUT2D eigenvalue weighted by Crippen LogP contribution is 2.56. The summed E-state index contributed by atoms with van der Waals surface area (Å²) in [6.07, 6.45) is 6.50. The van der Waals surface area contributed by atoms with Crippen LogP contribution in [0.25, 0.3) is 0 Å². The number of phenols is 1. The predicted molar refractivity (Wildman–Crippen MR) is 140 cm³/mol. The summed E-state index contributed by atoms with van der Waals surface area (Å²) in [5, 5.41) is 23.5. The molecule has 3 N–H and O–H groups in total. The fourth-order valence-electron chi connectivity index (χ4n) is 6.76. The summed E-state index contributed by atoms with van der Waals surface area (Å²) in [6.45, 7) is 6.26. The highest BCUT2D eigenvalue weighted by Gasteiger charge is 2.58. The minimum Gasteiger partial charge on any atom is -0.504 e. The number of carbonyl (C=O) groups is 2. The van der Waals surface area contributed by atoms with E-state index in [0.29, 0.717) is 31.4 Å². The molecule has 0 spiro atoms. The number of methoxy groups -OCH3 is 1. The van der Waals surface area contributed by atoms with Crippen molar-refractivity contribution in [3.05, 3.63) is 23.8 Å². The Hall–Kier alpha value is -2.32. The highest BCUT2D eigenvalue weighted by molar-refractivity contribution is 5.67. The Bertz CT molecular complexity index is 904. The third-order valence-corrected chi connectivity index (χ3v) is 8.33. The van der Waals surface area contributed by atoms with Crippen LogP contribution in [0, 0.1) is 10.8 Å². The molecule has 1 aromatic rings. The summed E-state index contributed by atoms with van der Waals surface area (Å²) in [6, 6.07) is 5.41. The first-order valence-corrected chi connectivity index (χ1v) is 13.7. The molecule has 0 amide bonds. The second kappa shape index (κ2) is 13.0. The SMILES string of the molecule is COc1cc(CC2([C@H](OC(C)=O)C3([C@@H](CCC[C@H](C)O)OC(C)=O)CCCC3)CCNCC2)ccc1O. The van der Waals surface area contributed by atoms with E-state index in [1.807, 2.05) is 12.1 Å². The normalized spacial score (nSPS) is 21.0. The third kappa shape index (κ3) is 7.17. The molecule has 2 aliphatic rings. The van der Waals surface area contributed by atoms with Crippen molar-refractivity contribution in [3.63, 3.8) is 0 Å². The molecule has 3 rings (SSSR count). The summed E-state index contributed by atoms with van der Waals surface area (Å²) in [5.41, 5.74) is 0.111. The average Bonchev–Trinajstić information content (AvgIpc) is 3.34. The van der Waals surface area contributed by atoms with Crippen LogP contribution in [0.5, 0.6) is 11.5 Å². The van der Waals surface area contributed by atoms with E-state index in [1.54, 1.807) is 13.0 Å². The van der Waals surface area contributed by atoms with Gasteiger partial charge < -0.3 is 29.7 Å². The number of phenolic OH excluding ortho intramolecular Hbond substituents is 1. The Morgan fingerprint density at radius 2 is 1.68 bits per heavy atom. The van der Waals surface area contributed by atoms with E-state index in [2.05, 4.69) is 5.32 Å². The lowest BCUT2D eigenvalue weighted by Crippen LogP contribution is -2.58. The minimum absolute atomic E-state index is 0.0856. The lowest BCUT2D eigenvalue weighted by Gasteiger charge is -2.53. The van der Waals surface area contributed by atoms with Gasteiger partial charge in [-0.15, -0.1) is 0 Å². The highest BCUT2D eigenvalue weighted by atomic mass is 16.6. The van der Waals surface area contributed by atoms with Crippen molar-refractivity contribution in [2.45, 2.75) is 103 Å². The van der Waals surface area contributed by atoms with E-state index in [4.69, 9.17) is 14.2 Å². The number of esters is 2. The smallest absolute Gasteiger partial charge is 0.302 e. The zero-order valence-electron chi connectivity index (χ0n) is 22.9. The van der Waals surface area contributed by atoms with Crippen molar-refractivity contribution in [2.24, 2.45) is 10.8 Å². The van der Waals surface area contributed by atoms with Gasteiger partial charge in [0, 0.05) is 24.7 Å². The molecule has 8 heteroatoms. The molecule has 0 bridgehead atoms. The Kier molecular flexibility index (Phi) is 10.2. The Morgan fingerprint density at radius 3 is 2.24 bits per heavy atom. The lowest BCUT2D eigenvalue weighted by atomic mass is 9.58. The van der Waals surface area contributed by atoms with Gasteiger partial charge in [0.15, 0.2) is 11.5 Å². The van der Waals surface area contributed by atoms with Crippen molar-refractivity contribution in [3.8, 4) is 11.5 Å². The van der Waals surface area contributed by atoms with Crippen LogP contribution in [0.1, 0.15) is 84.1 Å². The molecular weight excluding hydrogens is 474 g/mol. The number of carbonyl (C=O) groups excluding carboxylic acids is 2. The first-order valence-electron chi connectivity index (χ1n) is 13.7. The fraction of sp³-hybridized carbons (Fsp3) is 0.724. The molecule has 2 fully saturated rings. The fourth-order valence-corrected chi connectivity index (χ4v) is 6.76. The molecule has 1 aliphatic carbocycles. The minimum atomic E-state index is -0.506. The largest absolute Gasteiger partial charge is 0.504 e. The quantitative estimate of drug-likeness (QED) is 0.351. The first-order chi connectivity index (χ1) is 17.6. The number of hydrogen-bond donors (Lipinski definition) is 3. The molecular formula is C29H45NO7. The number of piperidine rings is 1. The van der Waals surface area contributed by atoms with Crippen LogP contribution in [0.3, 0.4) is 0 Å². The monoisotopic (exact) mass is 519 g/mol. The molecule has 208 valence electrons. The lowest BCUT2D eigenvalue weighted by molar-refractivity contribution is -0.194. The van der Waals surface area contributed by atoms with Gasteiger partial charge in [0.2, 0.25) is 0 Å². The van der Waals surface area contributed by atoms with Gasteiger partial charge in [-0.1, -0.05) is 18.9 Å². The van der Waals surface area contributed by atoms with Crippen LogP contribution < -0.4 is 10.1 Å². The number of hydrogen-bond acceptors (Lipinski definition) is 8. The van der Waals surface area contributed by atoms with Gasteiger partial charge in [0.25, 0.3) is 0 Å². The standard InChI is InChI=1S/C29H45NO7/c1-20(31)8-7-9-26(36-21(2)32)29(12-5-6-13-29)27(37-22(3)33)28(14-16-30-17-15-28)19-23-10-11-24(34)25(18-23)35-4/h10-11,18,20,26-27,30-31,34H,5-9,12-17,19H2,1-4H3/t20-,26+,27-/m0/s1. The summed E-state index contributed by atoms with van der Waals surface area (Å²) in [7, 11) is 1.53. The Labute approximate surface area is 221 Å². The van der Waals surface area contributed by atoms with E-state index in [0.717, 1.165) is 57.2 Å². The van der Waals surface area contributed by atoms with Crippen LogP contribution >= 0.6 is 0 Å². The molecule has 1 aromatic carbocycles. The third-order valence-electron chi connectivity index (χ3n) is 8.33. The first kappa shape index (κ1) is 29.2. The summed E-state index contributed by atoms with van der Waals surface area (Å²) < 4.78 is 17.7. The van der Waals surface area contributed by atoms with Gasteiger partial charge in [0.1, 0.15) is 12.2 Å². The van der Waals surface area contributed by atoms with Crippen molar-refractivity contribution < 1.29 is 34.0 Å². The number of ether oxygens (including phenoxy) is 3. The van der Waals surface area contributed by atoms with Crippen molar-refractivity contribution >= 4 is 11.9 Å². The zero-order chi connectivity index (χ0) is 27.1. The maximum Gasteiger partial charge on any atom is 0.302 e. The molecule has 1 saturated carbocycles. The number of rotatable bonds is 12. The van der Waals surface area contributed by atoms with Gasteiger partial charge in [-0.3, -0.25) is 9.59 Å². The number of benzene rings is 1. The van der Waals surface area contributed by atoms with E-state index in [9.17, 15) is 19.8 Å². The second-order valence-corrected chi connectivity index (χ2v) is 11.1. The molecule has 1 saturated heterocycles. The Morgan fingerprint density at radius 1 is 1.03 bits per heavy atom. The number of nitrogens with one attached hydrogen (secondary N) is 1. The second-order valence-electron chi connectivity index (χ2n) is 11.1. The van der Waals surface area contributed by atoms with Gasteiger partial charge >= 0.3 is 11.9 Å². The van der Waals surface area contributed by atoms with Crippen molar-refractivity contribution in [1.82, 2.24) is 5.32 Å². The van der Waals surface area contributed by atoms with Gasteiger partial charge in [-0.2, -0.15) is 0 Å². The summed E-state index contributed by atoms with van der Waals surface area (Å²) >= 11 is 0. The molecule has 3 atom stereocenters. The summed E-state index contributed by atoms with van der Waals surface area (Å²) in [5.74, 6) is -0.167. The van der Waals surface area contributed by atoms with Gasteiger partial charge in [-0.05, 0) is 89.1 Å². The zero-order valence-corrected chi connectivity index (χ0v) is 22.9. The maximum atomic E-state index is 12.7. The maximum absolute atomic E-state index is 12.7. The van der Waals surface area contributed by atoms with E-state index in [-0.39, 0.29) is 23.1 Å². The van der Waals surface area contributed by atoms with Crippen LogP contribution in [0.4, 0.5) is 0 Å². The summed E-state index contributed by atoms with van der Waals surface area (Å²) in [4.78, 5) is 25.0. The number of aliphatic hydroxyl groups is 1. The van der Waals surface area contributed by atoms with Gasteiger partial charge in [0.05, 0.1) is 13.2 Å². The van der Waals surface area contributed by atoms with E-state index >= 15 is 0 Å². The molecule has 8 nitrogen and oxygen atoms in total.